The third-order valence-electron chi connectivity index (χ3n) is 5.33. The maximum Gasteiger partial charge on any atom is 0.237 e. The van der Waals surface area contributed by atoms with Crippen molar-refractivity contribution in [3.63, 3.8) is 0 Å². The highest BCUT2D eigenvalue weighted by molar-refractivity contribution is 14.0. The number of furan rings is 1. The molecule has 158 valence electrons. The predicted octanol–water partition coefficient (Wildman–Crippen LogP) is 2.52. The summed E-state index contributed by atoms with van der Waals surface area (Å²) in [4.78, 5) is 20.4. The highest BCUT2D eigenvalue weighted by Gasteiger charge is 2.35. The second-order valence-corrected chi connectivity index (χ2v) is 7.43. The molecule has 3 N–H and O–H groups in total. The van der Waals surface area contributed by atoms with E-state index in [0.717, 1.165) is 49.2 Å². The number of guanidine groups is 1. The molecule has 0 atom stereocenters. The third kappa shape index (κ3) is 5.51. The summed E-state index contributed by atoms with van der Waals surface area (Å²) in [5.74, 6) is 2.24. The van der Waals surface area contributed by atoms with Gasteiger partial charge in [-0.1, -0.05) is 30.3 Å². The fourth-order valence-electron chi connectivity index (χ4n) is 3.36. The molecule has 1 amide bonds. The molecule has 1 saturated heterocycles. The molecule has 0 saturated carbocycles. The van der Waals surface area contributed by atoms with Gasteiger partial charge in [0.1, 0.15) is 11.5 Å². The topological polar surface area (TPSA) is 87.1 Å². The number of aliphatic imine (C=N–C) groups is 1. The van der Waals surface area contributed by atoms with Gasteiger partial charge in [-0.05, 0) is 26.0 Å². The van der Waals surface area contributed by atoms with Gasteiger partial charge in [0.15, 0.2) is 5.96 Å². The zero-order valence-electron chi connectivity index (χ0n) is 17.2. The SMILES string of the molecule is CN=C(NCc1ccc(-c2ccccc2)o1)N1CCN(C(C)(C)C(N)=O)CC1.I. The second kappa shape index (κ2) is 10.1. The standard InChI is InChI=1S/C21H29N5O2.HI/c1-21(2,19(22)27)26-13-11-25(12-14-26)20(23-3)24-15-17-9-10-18(28-17)16-7-5-4-6-8-16;/h4-10H,11-15H2,1-3H3,(H2,22,27)(H,23,24);1H. The number of amides is 1. The first kappa shape index (κ1) is 23.2. The van der Waals surface area contributed by atoms with Crippen molar-refractivity contribution >= 4 is 35.8 Å². The lowest BCUT2D eigenvalue weighted by molar-refractivity contribution is -0.129. The van der Waals surface area contributed by atoms with E-state index < -0.39 is 5.54 Å². The maximum absolute atomic E-state index is 11.7. The molecule has 1 aliphatic heterocycles. The number of halogens is 1. The average Bonchev–Trinajstić information content (AvgIpc) is 3.18. The van der Waals surface area contributed by atoms with Crippen LogP contribution < -0.4 is 11.1 Å². The van der Waals surface area contributed by atoms with Crippen molar-refractivity contribution in [3.8, 4) is 11.3 Å². The summed E-state index contributed by atoms with van der Waals surface area (Å²) in [5, 5.41) is 3.37. The minimum absolute atomic E-state index is 0. The fraction of sp³-hybridized carbons (Fsp3) is 0.429. The van der Waals surface area contributed by atoms with E-state index in [4.69, 9.17) is 10.2 Å². The Bertz CT molecular complexity index is 827. The Morgan fingerprint density at radius 3 is 2.38 bits per heavy atom. The number of benzene rings is 1. The van der Waals surface area contributed by atoms with E-state index >= 15 is 0 Å². The zero-order valence-corrected chi connectivity index (χ0v) is 19.6. The highest BCUT2D eigenvalue weighted by Crippen LogP contribution is 2.22. The fourth-order valence-corrected chi connectivity index (χ4v) is 3.36. The number of primary amides is 1. The molecule has 2 aromatic rings. The highest BCUT2D eigenvalue weighted by atomic mass is 127. The summed E-state index contributed by atoms with van der Waals surface area (Å²) in [6, 6.07) is 14.0. The smallest absolute Gasteiger partial charge is 0.237 e. The molecular weight excluding hydrogens is 481 g/mol. The summed E-state index contributed by atoms with van der Waals surface area (Å²) < 4.78 is 5.94. The van der Waals surface area contributed by atoms with Crippen molar-refractivity contribution in [2.75, 3.05) is 33.2 Å². The van der Waals surface area contributed by atoms with Crippen LogP contribution in [0.2, 0.25) is 0 Å². The molecule has 1 aliphatic rings. The number of nitrogens with two attached hydrogens (primary N) is 1. The van der Waals surface area contributed by atoms with Crippen molar-refractivity contribution in [3.05, 3.63) is 48.2 Å². The molecule has 7 nitrogen and oxygen atoms in total. The van der Waals surface area contributed by atoms with Crippen molar-refractivity contribution in [1.82, 2.24) is 15.1 Å². The van der Waals surface area contributed by atoms with Crippen molar-refractivity contribution in [2.24, 2.45) is 10.7 Å². The lowest BCUT2D eigenvalue weighted by Gasteiger charge is -2.43. The van der Waals surface area contributed by atoms with Crippen LogP contribution in [0.5, 0.6) is 0 Å². The van der Waals surface area contributed by atoms with E-state index in [1.165, 1.54) is 0 Å². The van der Waals surface area contributed by atoms with Gasteiger partial charge in [0.25, 0.3) is 0 Å². The zero-order chi connectivity index (χ0) is 20.1. The molecule has 1 aromatic heterocycles. The molecule has 0 aliphatic carbocycles. The van der Waals surface area contributed by atoms with Gasteiger partial charge >= 0.3 is 0 Å². The van der Waals surface area contributed by atoms with Gasteiger partial charge in [-0.25, -0.2) is 0 Å². The van der Waals surface area contributed by atoms with Crippen molar-refractivity contribution in [2.45, 2.75) is 25.9 Å². The molecule has 0 radical (unpaired) electrons. The molecule has 1 aromatic carbocycles. The number of nitrogens with zero attached hydrogens (tertiary/aromatic N) is 3. The number of hydrogen-bond acceptors (Lipinski definition) is 4. The Morgan fingerprint density at radius 1 is 1.14 bits per heavy atom. The van der Waals surface area contributed by atoms with Crippen LogP contribution in [-0.2, 0) is 11.3 Å². The van der Waals surface area contributed by atoms with Gasteiger partial charge in [0, 0.05) is 38.8 Å². The van der Waals surface area contributed by atoms with Crippen LogP contribution in [0.1, 0.15) is 19.6 Å². The van der Waals surface area contributed by atoms with E-state index in [-0.39, 0.29) is 29.9 Å². The van der Waals surface area contributed by atoms with E-state index in [1.54, 1.807) is 7.05 Å². The Morgan fingerprint density at radius 2 is 1.79 bits per heavy atom. The quantitative estimate of drug-likeness (QED) is 0.366. The van der Waals surface area contributed by atoms with Gasteiger partial charge in [-0.2, -0.15) is 0 Å². The Kier molecular flexibility index (Phi) is 8.09. The van der Waals surface area contributed by atoms with Gasteiger partial charge in [-0.3, -0.25) is 14.7 Å². The largest absolute Gasteiger partial charge is 0.459 e. The van der Waals surface area contributed by atoms with E-state index in [9.17, 15) is 4.79 Å². The lowest BCUT2D eigenvalue weighted by Crippen LogP contribution is -2.61. The van der Waals surface area contributed by atoms with Crippen LogP contribution in [0, 0.1) is 0 Å². The summed E-state index contributed by atoms with van der Waals surface area (Å²) in [6.45, 7) is 7.39. The molecule has 1 fully saturated rings. The molecule has 0 bridgehead atoms. The first-order valence-corrected chi connectivity index (χ1v) is 9.56. The first-order valence-electron chi connectivity index (χ1n) is 9.56. The molecule has 0 unspecified atom stereocenters. The second-order valence-electron chi connectivity index (χ2n) is 7.43. The normalized spacial score (nSPS) is 15.7. The minimum Gasteiger partial charge on any atom is -0.459 e. The van der Waals surface area contributed by atoms with Gasteiger partial charge < -0.3 is 20.4 Å². The number of carbonyl (C=O) groups excluding carboxylic acids is 1. The van der Waals surface area contributed by atoms with Gasteiger partial charge in [0.2, 0.25) is 5.91 Å². The van der Waals surface area contributed by atoms with E-state index in [1.807, 2.05) is 56.3 Å². The Hall–Kier alpha value is -2.07. The van der Waals surface area contributed by atoms with Crippen LogP contribution in [0.4, 0.5) is 0 Å². The molecule has 0 spiro atoms. The molecule has 8 heteroatoms. The Balaban J connectivity index is 0.00000300. The van der Waals surface area contributed by atoms with Gasteiger partial charge in [-0.15, -0.1) is 24.0 Å². The summed E-state index contributed by atoms with van der Waals surface area (Å²) >= 11 is 0. The molecular formula is C21H30IN5O2. The lowest BCUT2D eigenvalue weighted by atomic mass is 10.0. The van der Waals surface area contributed by atoms with Crippen LogP contribution >= 0.6 is 24.0 Å². The number of hydrogen-bond donors (Lipinski definition) is 2. The third-order valence-corrected chi connectivity index (χ3v) is 5.33. The molecule has 3 rings (SSSR count). The number of rotatable bonds is 5. The van der Waals surface area contributed by atoms with Crippen LogP contribution in [0.15, 0.2) is 51.9 Å². The monoisotopic (exact) mass is 511 g/mol. The van der Waals surface area contributed by atoms with Crippen molar-refractivity contribution in [1.29, 1.82) is 0 Å². The summed E-state index contributed by atoms with van der Waals surface area (Å²) in [5.41, 5.74) is 5.96. The van der Waals surface area contributed by atoms with E-state index in [2.05, 4.69) is 20.1 Å². The minimum atomic E-state index is -0.634. The molecule has 29 heavy (non-hydrogen) atoms. The van der Waals surface area contributed by atoms with Crippen molar-refractivity contribution < 1.29 is 9.21 Å². The maximum atomic E-state index is 11.7. The van der Waals surface area contributed by atoms with E-state index in [0.29, 0.717) is 6.54 Å². The van der Waals surface area contributed by atoms with Crippen LogP contribution in [0.25, 0.3) is 11.3 Å². The molecule has 2 heterocycles. The summed E-state index contributed by atoms with van der Waals surface area (Å²) in [6.07, 6.45) is 0. The summed E-state index contributed by atoms with van der Waals surface area (Å²) in [7, 11) is 1.78. The number of nitrogens with one attached hydrogen (secondary N) is 1. The predicted molar refractivity (Wildman–Crippen MR) is 126 cm³/mol. The van der Waals surface area contributed by atoms with Gasteiger partial charge in [0.05, 0.1) is 12.1 Å². The number of carbonyl (C=O) groups is 1. The average molecular weight is 511 g/mol. The van der Waals surface area contributed by atoms with Crippen LogP contribution in [-0.4, -0.2) is 60.4 Å². The van der Waals surface area contributed by atoms with Crippen LogP contribution in [0.3, 0.4) is 0 Å². The first-order chi connectivity index (χ1) is 13.4. The number of piperazine rings is 1. The Labute approximate surface area is 189 Å².